The van der Waals surface area contributed by atoms with Crippen LogP contribution >= 0.6 is 23.8 Å². The van der Waals surface area contributed by atoms with Crippen LogP contribution in [0.3, 0.4) is 0 Å². The van der Waals surface area contributed by atoms with Crippen molar-refractivity contribution in [2.24, 2.45) is 0 Å². The van der Waals surface area contributed by atoms with Gasteiger partial charge in [0.15, 0.2) is 5.11 Å². The molecule has 2 rings (SSSR count). The fourth-order valence-electron chi connectivity index (χ4n) is 1.70. The molecular formula is C15H10ClN2O3S-. The molecule has 0 aliphatic carbocycles. The van der Waals surface area contributed by atoms with E-state index in [1.54, 1.807) is 30.3 Å². The second-order valence-electron chi connectivity index (χ2n) is 4.26. The highest BCUT2D eigenvalue weighted by Crippen LogP contribution is 2.15. The third-order valence-electron chi connectivity index (χ3n) is 2.70. The predicted octanol–water partition coefficient (Wildman–Crippen LogP) is 1.83. The lowest BCUT2D eigenvalue weighted by atomic mass is 10.2. The summed E-state index contributed by atoms with van der Waals surface area (Å²) in [5.74, 6) is -1.76. The van der Waals surface area contributed by atoms with Crippen LogP contribution in [0.5, 0.6) is 0 Å². The molecule has 7 heteroatoms. The number of halogens is 1. The third-order valence-corrected chi connectivity index (χ3v) is 3.24. The number of aromatic carboxylic acids is 1. The number of rotatable bonds is 3. The Morgan fingerprint density at radius 1 is 1.09 bits per heavy atom. The molecule has 0 aliphatic rings. The van der Waals surface area contributed by atoms with Gasteiger partial charge in [0.25, 0.3) is 5.91 Å². The molecule has 0 aromatic heterocycles. The lowest BCUT2D eigenvalue weighted by Crippen LogP contribution is -2.34. The first-order chi connectivity index (χ1) is 10.5. The molecule has 5 nitrogen and oxygen atoms in total. The zero-order valence-electron chi connectivity index (χ0n) is 11.1. The molecule has 0 unspecified atom stereocenters. The van der Waals surface area contributed by atoms with E-state index in [4.69, 9.17) is 23.8 Å². The minimum Gasteiger partial charge on any atom is -0.545 e. The molecule has 2 N–H and O–H groups in total. The van der Waals surface area contributed by atoms with Crippen LogP contribution < -0.4 is 15.7 Å². The zero-order chi connectivity index (χ0) is 16.1. The van der Waals surface area contributed by atoms with Crippen LogP contribution in [0, 0.1) is 0 Å². The van der Waals surface area contributed by atoms with E-state index in [9.17, 15) is 14.7 Å². The summed E-state index contributed by atoms with van der Waals surface area (Å²) in [7, 11) is 0. The molecular weight excluding hydrogens is 324 g/mol. The van der Waals surface area contributed by atoms with Gasteiger partial charge in [-0.1, -0.05) is 35.9 Å². The predicted molar refractivity (Wildman–Crippen MR) is 85.9 cm³/mol. The third kappa shape index (κ3) is 4.03. The summed E-state index contributed by atoms with van der Waals surface area (Å²) in [6.45, 7) is 0. The molecule has 0 aliphatic heterocycles. The number of thiocarbonyl (C=S) groups is 1. The molecule has 0 bridgehead atoms. The number of anilines is 1. The Balaban J connectivity index is 2.04. The minimum atomic E-state index is -1.30. The number of nitrogens with one attached hydrogen (secondary N) is 2. The quantitative estimate of drug-likeness (QED) is 0.838. The van der Waals surface area contributed by atoms with E-state index in [1.165, 1.54) is 18.2 Å². The van der Waals surface area contributed by atoms with Gasteiger partial charge < -0.3 is 15.2 Å². The van der Waals surface area contributed by atoms with Crippen molar-refractivity contribution in [2.45, 2.75) is 0 Å². The number of hydrogen-bond acceptors (Lipinski definition) is 4. The van der Waals surface area contributed by atoms with Crippen LogP contribution in [-0.2, 0) is 0 Å². The highest BCUT2D eigenvalue weighted by Gasteiger charge is 2.11. The molecule has 112 valence electrons. The van der Waals surface area contributed by atoms with Crippen LogP contribution in [0.15, 0.2) is 48.5 Å². The van der Waals surface area contributed by atoms with Gasteiger partial charge in [-0.05, 0) is 42.0 Å². The van der Waals surface area contributed by atoms with Crippen molar-refractivity contribution in [1.82, 2.24) is 5.32 Å². The Kier molecular flexibility index (Phi) is 5.08. The summed E-state index contributed by atoms with van der Waals surface area (Å²) in [5.41, 5.74) is 0.716. The molecule has 0 atom stereocenters. The fraction of sp³-hybridized carbons (Fsp3) is 0. The van der Waals surface area contributed by atoms with Crippen LogP contribution in [-0.4, -0.2) is 17.0 Å². The average molecular weight is 334 g/mol. The van der Waals surface area contributed by atoms with Crippen LogP contribution in [0.25, 0.3) is 0 Å². The Morgan fingerprint density at radius 3 is 2.50 bits per heavy atom. The zero-order valence-corrected chi connectivity index (χ0v) is 12.7. The molecule has 0 heterocycles. The van der Waals surface area contributed by atoms with Gasteiger partial charge in [-0.25, -0.2) is 0 Å². The first-order valence-corrected chi connectivity index (χ1v) is 6.94. The van der Waals surface area contributed by atoms with E-state index in [0.717, 1.165) is 0 Å². The number of benzene rings is 2. The van der Waals surface area contributed by atoms with E-state index >= 15 is 0 Å². The van der Waals surface area contributed by atoms with Crippen molar-refractivity contribution in [3.05, 3.63) is 64.7 Å². The highest BCUT2D eigenvalue weighted by molar-refractivity contribution is 7.80. The molecule has 0 fully saturated rings. The largest absolute Gasteiger partial charge is 0.545 e. The lowest BCUT2D eigenvalue weighted by molar-refractivity contribution is -0.255. The second kappa shape index (κ2) is 7.02. The average Bonchev–Trinajstić information content (AvgIpc) is 2.47. The summed E-state index contributed by atoms with van der Waals surface area (Å²) >= 11 is 10.9. The summed E-state index contributed by atoms with van der Waals surface area (Å²) in [6, 6.07) is 12.4. The topological polar surface area (TPSA) is 81.3 Å². The van der Waals surface area contributed by atoms with Crippen molar-refractivity contribution < 1.29 is 14.7 Å². The number of carbonyl (C=O) groups excluding carboxylic acids is 2. The fourth-order valence-corrected chi connectivity index (χ4v) is 2.13. The van der Waals surface area contributed by atoms with Crippen molar-refractivity contribution >= 4 is 46.5 Å². The smallest absolute Gasteiger partial charge is 0.258 e. The van der Waals surface area contributed by atoms with Crippen LogP contribution in [0.1, 0.15) is 20.7 Å². The monoisotopic (exact) mass is 333 g/mol. The van der Waals surface area contributed by atoms with Crippen molar-refractivity contribution in [1.29, 1.82) is 0 Å². The van der Waals surface area contributed by atoms with E-state index in [0.29, 0.717) is 10.7 Å². The molecule has 0 saturated carbocycles. The van der Waals surface area contributed by atoms with Gasteiger partial charge >= 0.3 is 0 Å². The van der Waals surface area contributed by atoms with Gasteiger partial charge in [-0.2, -0.15) is 0 Å². The van der Waals surface area contributed by atoms with Crippen molar-refractivity contribution in [3.63, 3.8) is 0 Å². The Bertz CT molecular complexity index is 749. The van der Waals surface area contributed by atoms with E-state index in [-0.39, 0.29) is 16.2 Å². The van der Waals surface area contributed by atoms with E-state index in [2.05, 4.69) is 10.6 Å². The van der Waals surface area contributed by atoms with Gasteiger partial charge in [0, 0.05) is 5.69 Å². The summed E-state index contributed by atoms with van der Waals surface area (Å²) < 4.78 is 0. The molecule has 0 saturated heterocycles. The van der Waals surface area contributed by atoms with Gasteiger partial charge in [-0.15, -0.1) is 0 Å². The maximum Gasteiger partial charge on any atom is 0.258 e. The summed E-state index contributed by atoms with van der Waals surface area (Å²) in [5, 5.41) is 16.3. The normalized spacial score (nSPS) is 9.86. The molecule has 0 radical (unpaired) electrons. The van der Waals surface area contributed by atoms with Crippen molar-refractivity contribution in [3.8, 4) is 0 Å². The van der Waals surface area contributed by atoms with Crippen LogP contribution in [0.4, 0.5) is 5.69 Å². The first kappa shape index (κ1) is 15.9. The number of hydrogen-bond donors (Lipinski definition) is 2. The Morgan fingerprint density at radius 2 is 1.82 bits per heavy atom. The number of carboxylic acid groups (broad SMARTS) is 1. The van der Waals surface area contributed by atoms with E-state index < -0.39 is 11.9 Å². The minimum absolute atomic E-state index is 0.00484. The number of carboxylic acids is 1. The molecule has 2 aromatic carbocycles. The standard InChI is InChI=1S/C15H11ClN2O3S/c16-12-7-2-1-6-11(12)13(19)18-15(22)17-10-5-3-4-9(8-10)14(20)21/h1-8H,(H,20,21)(H2,17,18,19,22)/p-1. The van der Waals surface area contributed by atoms with Crippen molar-refractivity contribution in [2.75, 3.05) is 5.32 Å². The summed E-state index contributed by atoms with van der Waals surface area (Å²) in [4.78, 5) is 22.8. The molecule has 22 heavy (non-hydrogen) atoms. The highest BCUT2D eigenvalue weighted by atomic mass is 35.5. The van der Waals surface area contributed by atoms with Gasteiger partial charge in [-0.3, -0.25) is 10.1 Å². The maximum atomic E-state index is 12.0. The Hall–Kier alpha value is -2.44. The summed E-state index contributed by atoms with van der Waals surface area (Å²) in [6.07, 6.45) is 0. The first-order valence-electron chi connectivity index (χ1n) is 6.15. The molecule has 0 spiro atoms. The lowest BCUT2D eigenvalue weighted by Gasteiger charge is -2.11. The van der Waals surface area contributed by atoms with Gasteiger partial charge in [0.05, 0.1) is 16.6 Å². The SMILES string of the molecule is O=C([O-])c1cccc(NC(=S)NC(=O)c2ccccc2Cl)c1. The van der Waals surface area contributed by atoms with E-state index in [1.807, 2.05) is 0 Å². The Labute approximate surface area is 136 Å². The number of amides is 1. The van der Waals surface area contributed by atoms with Crippen LogP contribution in [0.2, 0.25) is 5.02 Å². The maximum absolute atomic E-state index is 12.0. The van der Waals surface area contributed by atoms with Gasteiger partial charge in [0.1, 0.15) is 0 Å². The molecule has 1 amide bonds. The molecule has 2 aromatic rings. The van der Waals surface area contributed by atoms with Gasteiger partial charge in [0.2, 0.25) is 0 Å². The second-order valence-corrected chi connectivity index (χ2v) is 5.07. The number of carbonyl (C=O) groups is 2.